The average molecular weight is 568 g/mol. The summed E-state index contributed by atoms with van der Waals surface area (Å²) in [5.41, 5.74) is 6.23. The number of aromatic carboxylic acids is 1. The number of hydrogen-bond acceptors (Lipinski definition) is 5. The van der Waals surface area contributed by atoms with Crippen molar-refractivity contribution >= 4 is 29.1 Å². The summed E-state index contributed by atoms with van der Waals surface area (Å²) in [6, 6.07) is 15.0. The van der Waals surface area contributed by atoms with Crippen molar-refractivity contribution in [2.75, 3.05) is 14.2 Å². The third-order valence-corrected chi connectivity index (χ3v) is 7.42. The zero-order chi connectivity index (χ0) is 30.0. The Hall–Kier alpha value is -5.18. The smallest absolute Gasteiger partial charge is 0.337 e. The predicted molar refractivity (Wildman–Crippen MR) is 158 cm³/mol. The largest absolute Gasteiger partial charge is 0.496 e. The van der Waals surface area contributed by atoms with Crippen molar-refractivity contribution < 1.29 is 28.6 Å². The number of amides is 1. The second kappa shape index (κ2) is 11.7. The van der Waals surface area contributed by atoms with Gasteiger partial charge in [0.2, 0.25) is 5.91 Å². The van der Waals surface area contributed by atoms with Crippen LogP contribution in [0.5, 0.6) is 11.5 Å². The van der Waals surface area contributed by atoms with E-state index in [9.17, 15) is 19.1 Å². The standard InChI is InChI=1S/C33H30FN3O5/c1-19-25(13-20-14-28(41-3)31(29(15-20)42-4)32-24(33(39)40)8-5-11-35-32)23-10-9-21(34)16-27(23)26(19)17-30(38)36-18-22-7-6-12-37(22)2/h5-16H,17-18H2,1-4H3,(H,36,38)(H,39,40)/b25-13-. The van der Waals surface area contributed by atoms with Gasteiger partial charge in [0.15, 0.2) is 0 Å². The normalized spacial score (nSPS) is 13.3. The highest BCUT2D eigenvalue weighted by molar-refractivity contribution is 6.08. The van der Waals surface area contributed by atoms with Crippen LogP contribution < -0.4 is 14.8 Å². The highest BCUT2D eigenvalue weighted by Gasteiger charge is 2.27. The molecule has 5 rings (SSSR count). The second-order valence-electron chi connectivity index (χ2n) is 9.92. The zero-order valence-electron chi connectivity index (χ0n) is 23.7. The fourth-order valence-electron chi connectivity index (χ4n) is 5.27. The SMILES string of the molecule is COc1cc(/C=C2/C(C)=C(CC(=O)NCc3cccn3C)c3cc(F)ccc32)cc(OC)c1-c1ncccc1C(=O)O. The molecule has 8 nitrogen and oxygen atoms in total. The first-order valence-corrected chi connectivity index (χ1v) is 13.3. The van der Waals surface area contributed by atoms with E-state index in [1.165, 1.54) is 38.6 Å². The van der Waals surface area contributed by atoms with Crippen molar-refractivity contribution in [3.8, 4) is 22.8 Å². The van der Waals surface area contributed by atoms with E-state index < -0.39 is 5.97 Å². The molecule has 1 aliphatic carbocycles. The van der Waals surface area contributed by atoms with Crippen molar-refractivity contribution in [2.45, 2.75) is 19.9 Å². The lowest BCUT2D eigenvalue weighted by Gasteiger charge is -2.16. The quantitative estimate of drug-likeness (QED) is 0.258. The van der Waals surface area contributed by atoms with Gasteiger partial charge in [0.05, 0.1) is 44.0 Å². The van der Waals surface area contributed by atoms with Crippen molar-refractivity contribution in [1.82, 2.24) is 14.9 Å². The van der Waals surface area contributed by atoms with Gasteiger partial charge in [-0.25, -0.2) is 9.18 Å². The summed E-state index contributed by atoms with van der Waals surface area (Å²) in [5, 5.41) is 12.7. The molecule has 0 saturated carbocycles. The Morgan fingerprint density at radius 3 is 2.43 bits per heavy atom. The van der Waals surface area contributed by atoms with E-state index in [-0.39, 0.29) is 29.4 Å². The van der Waals surface area contributed by atoms with Gasteiger partial charge in [-0.1, -0.05) is 6.07 Å². The Morgan fingerprint density at radius 2 is 1.79 bits per heavy atom. The lowest BCUT2D eigenvalue weighted by molar-refractivity contribution is -0.120. The molecule has 2 aromatic heterocycles. The van der Waals surface area contributed by atoms with Gasteiger partial charge in [-0.2, -0.15) is 0 Å². The first-order chi connectivity index (χ1) is 20.2. The molecule has 2 heterocycles. The Bertz CT molecular complexity index is 1740. The van der Waals surface area contributed by atoms with Crippen LogP contribution in [-0.2, 0) is 18.4 Å². The third kappa shape index (κ3) is 5.41. The zero-order valence-corrected chi connectivity index (χ0v) is 23.7. The molecular weight excluding hydrogens is 537 g/mol. The molecule has 0 unspecified atom stereocenters. The van der Waals surface area contributed by atoms with Crippen LogP contribution in [0.25, 0.3) is 28.5 Å². The van der Waals surface area contributed by atoms with Gasteiger partial charge in [0.1, 0.15) is 17.3 Å². The second-order valence-corrected chi connectivity index (χ2v) is 9.92. The van der Waals surface area contributed by atoms with Crippen LogP contribution in [0.15, 0.2) is 72.6 Å². The van der Waals surface area contributed by atoms with Crippen LogP contribution >= 0.6 is 0 Å². The number of rotatable bonds is 9. The number of nitrogens with one attached hydrogen (secondary N) is 1. The number of aryl methyl sites for hydroxylation is 1. The molecule has 0 saturated heterocycles. The summed E-state index contributed by atoms with van der Waals surface area (Å²) in [7, 11) is 4.90. The number of hydrogen-bond donors (Lipinski definition) is 2. The van der Waals surface area contributed by atoms with Crippen LogP contribution in [-0.4, -0.2) is 40.8 Å². The molecule has 2 aromatic carbocycles. The first kappa shape index (κ1) is 28.4. The number of fused-ring (bicyclic) bond motifs is 1. The molecule has 2 N–H and O–H groups in total. The van der Waals surface area contributed by atoms with Gasteiger partial charge >= 0.3 is 5.97 Å². The maximum Gasteiger partial charge on any atom is 0.337 e. The summed E-state index contributed by atoms with van der Waals surface area (Å²) in [6.07, 6.45) is 5.44. The van der Waals surface area contributed by atoms with E-state index in [1.807, 2.05) is 42.9 Å². The minimum atomic E-state index is -1.12. The summed E-state index contributed by atoms with van der Waals surface area (Å²) in [4.78, 5) is 29.2. The molecule has 0 spiro atoms. The number of carbonyl (C=O) groups is 2. The Morgan fingerprint density at radius 1 is 1.05 bits per heavy atom. The van der Waals surface area contributed by atoms with E-state index >= 15 is 0 Å². The number of methoxy groups -OCH3 is 2. The summed E-state index contributed by atoms with van der Waals surface area (Å²) in [5.74, 6) is -0.923. The number of halogens is 1. The van der Waals surface area contributed by atoms with Crippen LogP contribution in [0.4, 0.5) is 4.39 Å². The number of aromatic nitrogens is 2. The van der Waals surface area contributed by atoms with Crippen molar-refractivity contribution in [3.63, 3.8) is 0 Å². The number of allylic oxidation sites excluding steroid dienone is 2. The monoisotopic (exact) mass is 567 g/mol. The number of nitrogens with zero attached hydrogens (tertiary/aromatic N) is 2. The van der Waals surface area contributed by atoms with E-state index in [1.54, 1.807) is 24.3 Å². The average Bonchev–Trinajstić information content (AvgIpc) is 3.50. The fraction of sp³-hybridized carbons (Fsp3) is 0.182. The van der Waals surface area contributed by atoms with E-state index in [0.29, 0.717) is 34.7 Å². The molecule has 9 heteroatoms. The van der Waals surface area contributed by atoms with E-state index in [4.69, 9.17) is 9.47 Å². The number of carboxylic acid groups (broad SMARTS) is 1. The van der Waals surface area contributed by atoms with Crippen LogP contribution in [0, 0.1) is 5.82 Å². The number of pyridine rings is 1. The molecule has 1 aliphatic rings. The minimum absolute atomic E-state index is 0.0146. The topological polar surface area (TPSA) is 103 Å². The highest BCUT2D eigenvalue weighted by Crippen LogP contribution is 2.45. The molecule has 42 heavy (non-hydrogen) atoms. The van der Waals surface area contributed by atoms with Gasteiger partial charge < -0.3 is 24.5 Å². The fourth-order valence-corrected chi connectivity index (χ4v) is 5.27. The van der Waals surface area contributed by atoms with Crippen molar-refractivity contribution in [1.29, 1.82) is 0 Å². The summed E-state index contributed by atoms with van der Waals surface area (Å²) >= 11 is 0. The maximum atomic E-state index is 14.4. The molecule has 0 fully saturated rings. The molecule has 1 amide bonds. The molecule has 0 atom stereocenters. The number of carboxylic acids is 1. The molecule has 0 bridgehead atoms. The first-order valence-electron chi connectivity index (χ1n) is 13.3. The molecule has 4 aromatic rings. The Kier molecular flexibility index (Phi) is 7.93. The molecule has 0 radical (unpaired) electrons. The Labute approximate surface area is 242 Å². The van der Waals surface area contributed by atoms with E-state index in [0.717, 1.165) is 28.0 Å². The van der Waals surface area contributed by atoms with E-state index in [2.05, 4.69) is 10.3 Å². The molecule has 0 aliphatic heterocycles. The van der Waals surface area contributed by atoms with Gasteiger partial charge in [-0.15, -0.1) is 0 Å². The van der Waals surface area contributed by atoms with Crippen LogP contribution in [0.3, 0.4) is 0 Å². The number of benzene rings is 2. The maximum absolute atomic E-state index is 14.4. The highest BCUT2D eigenvalue weighted by atomic mass is 19.1. The molecular formula is C33H30FN3O5. The number of ether oxygens (including phenoxy) is 2. The van der Waals surface area contributed by atoms with Crippen LogP contribution in [0.2, 0.25) is 0 Å². The van der Waals surface area contributed by atoms with Crippen molar-refractivity contribution in [2.24, 2.45) is 7.05 Å². The van der Waals surface area contributed by atoms with Gasteiger partial charge in [-0.3, -0.25) is 9.78 Å². The van der Waals surface area contributed by atoms with Gasteiger partial charge in [0, 0.05) is 25.1 Å². The Balaban J connectivity index is 1.55. The van der Waals surface area contributed by atoms with Gasteiger partial charge in [0.25, 0.3) is 0 Å². The summed E-state index contributed by atoms with van der Waals surface area (Å²) < 4.78 is 27.7. The van der Waals surface area contributed by atoms with Gasteiger partial charge in [-0.05, 0) is 94.9 Å². The van der Waals surface area contributed by atoms with Crippen molar-refractivity contribution in [3.05, 3.63) is 106 Å². The third-order valence-electron chi connectivity index (χ3n) is 7.42. The lowest BCUT2D eigenvalue weighted by Crippen LogP contribution is -2.23. The predicted octanol–water partition coefficient (Wildman–Crippen LogP) is 5.98. The molecule has 214 valence electrons. The lowest BCUT2D eigenvalue weighted by atomic mass is 9.97. The summed E-state index contributed by atoms with van der Waals surface area (Å²) in [6.45, 7) is 2.30. The van der Waals surface area contributed by atoms with Crippen LogP contribution in [0.1, 0.15) is 46.1 Å². The minimum Gasteiger partial charge on any atom is -0.496 e. The number of carbonyl (C=O) groups excluding carboxylic acids is 1.